The molecule has 10 rings (SSSR count). The molecule has 5 aromatic rings. The Morgan fingerprint density at radius 3 is 1.78 bits per heavy atom. The van der Waals surface area contributed by atoms with Crippen LogP contribution in [-0.4, -0.2) is 147 Å². The van der Waals surface area contributed by atoms with Crippen molar-refractivity contribution in [3.8, 4) is 0 Å². The normalized spacial score (nSPS) is 17.8. The molecule has 0 aromatic carbocycles. The molecule has 2 amide bonds. The van der Waals surface area contributed by atoms with Crippen molar-refractivity contribution in [2.24, 2.45) is 0 Å². The number of nitrogens with one attached hydrogen (secondary N) is 6. The summed E-state index contributed by atoms with van der Waals surface area (Å²) in [6.45, 7) is 14.4. The number of piperazine rings is 2. The standard InChI is InChI=1S/C55H61F7N18O3/c1-34(2)83-18-17-74-9-13-76(14-10-74)43-20-38(26-64-28-43)48-32-80(73-71-48)50-24-42(69-53(82)46-22-40(6-8-66-46)55(60,61)62)30-78(36(50)4)51(56)33-75-11-15-77(16-12-75)44-19-37(25-63-29-44)47-31-79(72-70-47)49-23-41(27-67-35(49)3)68-52(81)45-21-39(5-7-65-45)54(57,58)59/h5-8,19-29,31-32,34,51,70-73H,9-18,30,33H2,1-4H3,(H,68,81)(H,69,82). The third-order valence-electron chi connectivity index (χ3n) is 14.5. The predicted molar refractivity (Wildman–Crippen MR) is 295 cm³/mol. The molecule has 5 aliphatic heterocycles. The molecule has 5 aliphatic rings. The van der Waals surface area contributed by atoms with E-state index in [1.165, 1.54) is 11.1 Å². The molecule has 0 spiro atoms. The van der Waals surface area contributed by atoms with Gasteiger partial charge in [0, 0.05) is 125 Å². The molecule has 1 unspecified atom stereocenters. The van der Waals surface area contributed by atoms with Crippen LogP contribution in [0.4, 0.5) is 53.5 Å². The number of rotatable bonds is 17. The van der Waals surface area contributed by atoms with Crippen molar-refractivity contribution in [2.75, 3.05) is 98.7 Å². The highest BCUT2D eigenvalue weighted by Crippen LogP contribution is 2.33. The number of carbonyl (C=O) groups is 2. The summed E-state index contributed by atoms with van der Waals surface area (Å²) in [5.74, 6) is -1.74. The maximum Gasteiger partial charge on any atom is 0.416 e. The molecule has 0 radical (unpaired) electrons. The highest BCUT2D eigenvalue weighted by Gasteiger charge is 2.35. The average molecular weight is 1160 g/mol. The minimum atomic E-state index is -4.71. The van der Waals surface area contributed by atoms with Gasteiger partial charge in [-0.25, -0.2) is 4.39 Å². The molecule has 21 nitrogen and oxygen atoms in total. The monoisotopic (exact) mass is 1150 g/mol. The van der Waals surface area contributed by atoms with Gasteiger partial charge in [-0.05, 0) is 76.2 Å². The summed E-state index contributed by atoms with van der Waals surface area (Å²) >= 11 is 0. The summed E-state index contributed by atoms with van der Waals surface area (Å²) < 4.78 is 104. The van der Waals surface area contributed by atoms with Gasteiger partial charge < -0.3 is 40.9 Å². The van der Waals surface area contributed by atoms with E-state index in [1.807, 2.05) is 37.1 Å². The number of amides is 2. The maximum atomic E-state index is 17.1. The second-order valence-corrected chi connectivity index (χ2v) is 20.5. The average Bonchev–Trinajstić information content (AvgIpc) is 4.43. The number of allylic oxidation sites excluding steroid dienone is 2. The molecule has 0 aliphatic carbocycles. The van der Waals surface area contributed by atoms with Crippen molar-refractivity contribution in [2.45, 2.75) is 52.4 Å². The van der Waals surface area contributed by atoms with E-state index in [0.717, 1.165) is 79.8 Å². The van der Waals surface area contributed by atoms with E-state index in [-0.39, 0.29) is 30.6 Å². The Balaban J connectivity index is 0.796. The number of hydrogen-bond acceptors (Lipinski definition) is 19. The lowest BCUT2D eigenvalue weighted by atomic mass is 10.1. The van der Waals surface area contributed by atoms with Crippen LogP contribution in [-0.2, 0) is 17.1 Å². The third-order valence-corrected chi connectivity index (χ3v) is 14.5. The molecule has 2 saturated heterocycles. The summed E-state index contributed by atoms with van der Waals surface area (Å²) in [6, 6.07) is 8.51. The number of ether oxygens (including phenoxy) is 1. The van der Waals surface area contributed by atoms with Gasteiger partial charge >= 0.3 is 12.4 Å². The van der Waals surface area contributed by atoms with Gasteiger partial charge in [-0.1, -0.05) is 0 Å². The number of hydrazine groups is 4. The fourth-order valence-electron chi connectivity index (χ4n) is 9.92. The van der Waals surface area contributed by atoms with Crippen LogP contribution in [0.1, 0.15) is 69.7 Å². The Bertz CT molecular complexity index is 3320. The largest absolute Gasteiger partial charge is 0.416 e. The zero-order valence-electron chi connectivity index (χ0n) is 45.7. The van der Waals surface area contributed by atoms with Crippen molar-refractivity contribution in [3.05, 3.63) is 161 Å². The second kappa shape index (κ2) is 24.6. The smallest absolute Gasteiger partial charge is 0.377 e. The highest BCUT2D eigenvalue weighted by molar-refractivity contribution is 6.03. The molecule has 0 bridgehead atoms. The fraction of sp³-hybridized carbons (Fsp3) is 0.364. The van der Waals surface area contributed by atoms with E-state index in [1.54, 1.807) is 67.0 Å². The first kappa shape index (κ1) is 57.8. The van der Waals surface area contributed by atoms with Crippen LogP contribution in [0.2, 0.25) is 0 Å². The summed E-state index contributed by atoms with van der Waals surface area (Å²) in [7, 11) is 0. The van der Waals surface area contributed by atoms with Crippen molar-refractivity contribution >= 4 is 46.0 Å². The van der Waals surface area contributed by atoms with E-state index in [9.17, 15) is 35.9 Å². The molecular weight excluding hydrogens is 1090 g/mol. The summed E-state index contributed by atoms with van der Waals surface area (Å²) in [6.07, 6.45) is 4.62. The number of aryl methyl sites for hydroxylation is 1. The zero-order chi connectivity index (χ0) is 58.6. The lowest BCUT2D eigenvalue weighted by molar-refractivity contribution is -0.138. The van der Waals surface area contributed by atoms with E-state index < -0.39 is 53.0 Å². The molecular formula is C55H61F7N18O3. The Labute approximate surface area is 473 Å². The van der Waals surface area contributed by atoms with Crippen LogP contribution < -0.4 is 47.4 Å². The summed E-state index contributed by atoms with van der Waals surface area (Å²) in [4.78, 5) is 57.9. The van der Waals surface area contributed by atoms with Gasteiger partial charge in [0.25, 0.3) is 11.8 Å². The maximum absolute atomic E-state index is 17.1. The van der Waals surface area contributed by atoms with Crippen molar-refractivity contribution in [1.82, 2.24) is 71.9 Å². The van der Waals surface area contributed by atoms with Crippen LogP contribution in [0.3, 0.4) is 0 Å². The predicted octanol–water partition coefficient (Wildman–Crippen LogP) is 6.24. The number of halogens is 7. The number of nitrogens with zero attached hydrogens (tertiary/aromatic N) is 12. The highest BCUT2D eigenvalue weighted by atomic mass is 19.4. The summed E-state index contributed by atoms with van der Waals surface area (Å²) in [5, 5.41) is 8.56. The number of alkyl halides is 7. The topological polar surface area (TPSA) is 203 Å². The number of aromatic nitrogens is 5. The molecule has 83 heavy (non-hydrogen) atoms. The van der Waals surface area contributed by atoms with E-state index >= 15 is 4.39 Å². The number of hydrogen-bond donors (Lipinski definition) is 6. The quantitative estimate of drug-likeness (QED) is 0.0451. The molecule has 6 N–H and O–H groups in total. The van der Waals surface area contributed by atoms with E-state index in [0.29, 0.717) is 79.1 Å². The Morgan fingerprint density at radius 1 is 0.675 bits per heavy atom. The van der Waals surface area contributed by atoms with Gasteiger partial charge in [0.2, 0.25) is 0 Å². The number of carbonyl (C=O) groups excluding carboxylic acids is 2. The Hall–Kier alpha value is -8.44. The summed E-state index contributed by atoms with van der Waals surface area (Å²) in [5.41, 5.74) is 16.7. The first-order valence-electron chi connectivity index (χ1n) is 26.7. The minimum Gasteiger partial charge on any atom is -0.377 e. The molecule has 0 saturated carbocycles. The number of anilines is 4. The van der Waals surface area contributed by atoms with Crippen LogP contribution in [0, 0.1) is 6.92 Å². The molecule has 1 atom stereocenters. The molecule has 438 valence electrons. The molecule has 5 aromatic heterocycles. The first-order chi connectivity index (χ1) is 39.7. The first-order valence-corrected chi connectivity index (χ1v) is 26.7. The third kappa shape index (κ3) is 13.9. The van der Waals surface area contributed by atoms with E-state index in [2.05, 4.69) is 72.2 Å². The molecule has 10 heterocycles. The van der Waals surface area contributed by atoms with Gasteiger partial charge in [-0.15, -0.1) is 11.1 Å². The lowest BCUT2D eigenvalue weighted by Crippen LogP contribution is -2.51. The van der Waals surface area contributed by atoms with Crippen molar-refractivity contribution in [3.63, 3.8) is 0 Å². The van der Waals surface area contributed by atoms with Gasteiger partial charge in [-0.3, -0.25) is 54.3 Å². The van der Waals surface area contributed by atoms with Crippen molar-refractivity contribution in [1.29, 1.82) is 0 Å². The van der Waals surface area contributed by atoms with Crippen LogP contribution in [0.25, 0.3) is 11.4 Å². The second-order valence-electron chi connectivity index (χ2n) is 20.5. The van der Waals surface area contributed by atoms with Gasteiger partial charge in [0.05, 0.1) is 94.5 Å². The van der Waals surface area contributed by atoms with Gasteiger partial charge in [0.15, 0.2) is 6.30 Å². The molecule has 28 heteroatoms. The van der Waals surface area contributed by atoms with E-state index in [4.69, 9.17) is 4.74 Å². The fourth-order valence-corrected chi connectivity index (χ4v) is 9.92. The van der Waals surface area contributed by atoms with Crippen LogP contribution in [0.5, 0.6) is 0 Å². The number of pyridine rings is 5. The zero-order valence-corrected chi connectivity index (χ0v) is 45.7. The Kier molecular flexibility index (Phi) is 17.1. The Morgan fingerprint density at radius 2 is 1.22 bits per heavy atom. The lowest BCUT2D eigenvalue weighted by Gasteiger charge is -2.40. The SMILES string of the molecule is CC1=C(N2C=C(c3cncc(N4CCN(CCOC(C)C)CC4)c3)NN2)C=C(NC(=O)c2cc(C(F)(F)F)ccn2)CN1C(F)CN1CCN(c2cncc(C3=CN(c4cc(NC(=O)c5cc(C(F)(F)F)ccn5)cnc4C)NN3)c2)CC1. The minimum absolute atomic E-state index is 0.0159. The van der Waals surface area contributed by atoms with Crippen LogP contribution in [0.15, 0.2) is 121 Å². The van der Waals surface area contributed by atoms with Gasteiger partial charge in [-0.2, -0.15) is 26.3 Å². The van der Waals surface area contributed by atoms with Crippen molar-refractivity contribution < 1.29 is 45.1 Å². The van der Waals surface area contributed by atoms with Gasteiger partial charge in [0.1, 0.15) is 11.4 Å². The molecule has 2 fully saturated rings. The van der Waals surface area contributed by atoms with Crippen LogP contribution >= 0.6 is 0 Å².